The summed E-state index contributed by atoms with van der Waals surface area (Å²) in [5, 5.41) is 21.3. The van der Waals surface area contributed by atoms with Crippen molar-refractivity contribution < 1.29 is 19.5 Å². The predicted octanol–water partition coefficient (Wildman–Crippen LogP) is 5.41. The van der Waals surface area contributed by atoms with Gasteiger partial charge >= 0.3 is 5.91 Å². The minimum absolute atomic E-state index is 0.190. The molecule has 40 heavy (non-hydrogen) atoms. The van der Waals surface area contributed by atoms with Crippen LogP contribution in [0.3, 0.4) is 0 Å². The number of para-hydroxylation sites is 2. The highest BCUT2D eigenvalue weighted by Crippen LogP contribution is 2.50. The van der Waals surface area contributed by atoms with Crippen LogP contribution in [0.4, 0.5) is 17.1 Å². The second kappa shape index (κ2) is 9.52. The Balaban J connectivity index is 1.74. The zero-order valence-corrected chi connectivity index (χ0v) is 21.6. The Morgan fingerprint density at radius 3 is 1.75 bits per heavy atom. The summed E-state index contributed by atoms with van der Waals surface area (Å²) in [6.45, 7) is 0. The summed E-state index contributed by atoms with van der Waals surface area (Å²) in [6.07, 6.45) is 0. The van der Waals surface area contributed by atoms with E-state index in [-0.39, 0.29) is 17.2 Å². The Kier molecular flexibility index (Phi) is 5.97. The molecule has 0 aliphatic carbocycles. The van der Waals surface area contributed by atoms with Crippen molar-refractivity contribution in [3.05, 3.63) is 131 Å². The number of aliphatic hydroxyl groups excluding tert-OH is 1. The van der Waals surface area contributed by atoms with E-state index in [2.05, 4.69) is 0 Å². The Morgan fingerprint density at radius 1 is 0.675 bits per heavy atom. The quantitative estimate of drug-likeness (QED) is 0.201. The van der Waals surface area contributed by atoms with Gasteiger partial charge in [0.15, 0.2) is 0 Å². The highest BCUT2D eigenvalue weighted by molar-refractivity contribution is 6.57. The first kappa shape index (κ1) is 25.1. The molecule has 1 unspecified atom stereocenters. The molecule has 2 aliphatic rings. The minimum atomic E-state index is -2.27. The summed E-state index contributed by atoms with van der Waals surface area (Å²) in [4.78, 5) is 46.1. The van der Waals surface area contributed by atoms with Gasteiger partial charge in [-0.15, -0.1) is 0 Å². The van der Waals surface area contributed by atoms with E-state index in [1.54, 1.807) is 91.0 Å². The third kappa shape index (κ3) is 3.54. The van der Waals surface area contributed by atoms with Crippen molar-refractivity contribution >= 4 is 58.0 Å². The molecule has 4 aromatic rings. The molecular weight excluding hydrogens is 528 g/mol. The first-order chi connectivity index (χ1) is 19.4. The van der Waals surface area contributed by atoms with Crippen LogP contribution in [-0.4, -0.2) is 34.3 Å². The van der Waals surface area contributed by atoms with E-state index in [0.717, 1.165) is 9.80 Å². The number of nitrogens with one attached hydrogen (secondary N) is 1. The maximum atomic E-state index is 14.8. The first-order valence-electron chi connectivity index (χ1n) is 12.3. The number of carbonyl (C=O) groups is 3. The van der Waals surface area contributed by atoms with Gasteiger partial charge in [0, 0.05) is 22.0 Å². The molecular formula is C31H21ClN4O4. The van der Waals surface area contributed by atoms with Gasteiger partial charge in [-0.3, -0.25) is 29.6 Å². The number of benzene rings is 4. The van der Waals surface area contributed by atoms with Crippen LogP contribution in [-0.2, 0) is 14.4 Å². The molecule has 196 valence electrons. The molecule has 9 heteroatoms. The zero-order valence-electron chi connectivity index (χ0n) is 20.9. The number of ketones is 1. The standard InChI is InChI=1S/C31H21ClN4O4/c32-21-16-18-24(19-17-21)35-28(39)27(38)25(26(37)20-10-4-1-5-11-20)31(35)29(40)34(22-12-6-2-7-13-22)30(33)36(31)23-14-8-3-9-15-23/h1-19,33,37H/b26-25-,33-30?. The fourth-order valence-corrected chi connectivity index (χ4v) is 5.38. The van der Waals surface area contributed by atoms with Gasteiger partial charge in [0.2, 0.25) is 11.6 Å². The number of nitrogens with zero attached hydrogens (tertiary/aromatic N) is 3. The van der Waals surface area contributed by atoms with Crippen LogP contribution in [0.15, 0.2) is 121 Å². The predicted molar refractivity (Wildman–Crippen MR) is 153 cm³/mol. The molecule has 6 rings (SSSR count). The molecule has 0 radical (unpaired) electrons. The molecule has 1 atom stereocenters. The highest BCUT2D eigenvalue weighted by atomic mass is 35.5. The number of carbonyl (C=O) groups excluding carboxylic acids is 3. The van der Waals surface area contributed by atoms with Gasteiger partial charge in [0.1, 0.15) is 11.3 Å². The van der Waals surface area contributed by atoms with E-state index in [1.165, 1.54) is 29.2 Å². The van der Waals surface area contributed by atoms with Gasteiger partial charge in [-0.25, -0.2) is 4.90 Å². The van der Waals surface area contributed by atoms with E-state index in [9.17, 15) is 24.9 Å². The molecule has 2 aliphatic heterocycles. The summed E-state index contributed by atoms with van der Waals surface area (Å²) in [6, 6.07) is 31.4. The topological polar surface area (TPSA) is 105 Å². The van der Waals surface area contributed by atoms with Gasteiger partial charge in [-0.1, -0.05) is 78.3 Å². The van der Waals surface area contributed by atoms with Crippen molar-refractivity contribution in [2.45, 2.75) is 5.66 Å². The molecule has 8 nitrogen and oxygen atoms in total. The molecule has 4 aromatic carbocycles. The van der Waals surface area contributed by atoms with Crippen LogP contribution >= 0.6 is 11.6 Å². The van der Waals surface area contributed by atoms with E-state index >= 15 is 0 Å². The molecule has 0 saturated carbocycles. The van der Waals surface area contributed by atoms with Crippen molar-refractivity contribution in [3.63, 3.8) is 0 Å². The lowest BCUT2D eigenvalue weighted by Gasteiger charge is -2.39. The van der Waals surface area contributed by atoms with Crippen molar-refractivity contribution in [2.75, 3.05) is 14.7 Å². The van der Waals surface area contributed by atoms with Crippen LogP contribution in [0.5, 0.6) is 0 Å². The second-order valence-electron chi connectivity index (χ2n) is 9.18. The number of anilines is 3. The average molecular weight is 549 g/mol. The van der Waals surface area contributed by atoms with Crippen LogP contribution in [0.2, 0.25) is 5.02 Å². The van der Waals surface area contributed by atoms with Crippen molar-refractivity contribution in [3.8, 4) is 0 Å². The SMILES string of the molecule is N=C1N(c2ccccc2)C(=O)C2(/C(=C(\O)c3ccccc3)C(=O)C(=O)N2c2ccc(Cl)cc2)N1c1ccccc1. The fourth-order valence-electron chi connectivity index (χ4n) is 5.25. The van der Waals surface area contributed by atoms with Gasteiger partial charge in [0.05, 0.1) is 5.69 Å². The number of rotatable bonds is 4. The lowest BCUT2D eigenvalue weighted by Crippen LogP contribution is -2.62. The molecule has 2 fully saturated rings. The number of hydrogen-bond acceptors (Lipinski definition) is 5. The Labute approximate surface area is 234 Å². The zero-order chi connectivity index (χ0) is 28.0. The van der Waals surface area contributed by atoms with Gasteiger partial charge in [-0.2, -0.15) is 0 Å². The fraction of sp³-hybridized carbons (Fsp3) is 0.0323. The number of guanidine groups is 1. The van der Waals surface area contributed by atoms with Crippen LogP contribution in [0.25, 0.3) is 5.76 Å². The molecule has 2 amide bonds. The maximum absolute atomic E-state index is 14.8. The molecule has 2 heterocycles. The smallest absolute Gasteiger partial charge is 0.301 e. The van der Waals surface area contributed by atoms with Crippen molar-refractivity contribution in [2.24, 2.45) is 0 Å². The van der Waals surface area contributed by atoms with Crippen molar-refractivity contribution in [1.29, 1.82) is 5.41 Å². The Hall–Kier alpha value is -5.21. The third-order valence-corrected chi connectivity index (χ3v) is 7.19. The summed E-state index contributed by atoms with van der Waals surface area (Å²) in [5.41, 5.74) is -1.57. The first-order valence-corrected chi connectivity index (χ1v) is 12.7. The van der Waals surface area contributed by atoms with E-state index < -0.39 is 34.6 Å². The normalized spacial score (nSPS) is 20.2. The van der Waals surface area contributed by atoms with Crippen LogP contribution in [0.1, 0.15) is 5.56 Å². The van der Waals surface area contributed by atoms with Gasteiger partial charge in [-0.05, 0) is 48.5 Å². The highest BCUT2D eigenvalue weighted by Gasteiger charge is 2.71. The molecule has 0 bridgehead atoms. The van der Waals surface area contributed by atoms with E-state index in [0.29, 0.717) is 16.4 Å². The molecule has 2 N–H and O–H groups in total. The third-order valence-electron chi connectivity index (χ3n) is 6.94. The maximum Gasteiger partial charge on any atom is 0.301 e. The summed E-state index contributed by atoms with van der Waals surface area (Å²) in [7, 11) is 0. The largest absolute Gasteiger partial charge is 0.507 e. The lowest BCUT2D eigenvalue weighted by atomic mass is 9.92. The van der Waals surface area contributed by atoms with Gasteiger partial charge < -0.3 is 5.11 Å². The average Bonchev–Trinajstić information content (AvgIpc) is 3.35. The number of hydrogen-bond donors (Lipinski definition) is 2. The number of Topliss-reactive ketones (excluding diaryl/α,β-unsaturated/α-hetero) is 1. The minimum Gasteiger partial charge on any atom is -0.507 e. The molecule has 1 spiro atoms. The monoisotopic (exact) mass is 548 g/mol. The second-order valence-corrected chi connectivity index (χ2v) is 9.62. The number of halogens is 1. The summed E-state index contributed by atoms with van der Waals surface area (Å²) >= 11 is 6.13. The van der Waals surface area contributed by atoms with Crippen LogP contribution < -0.4 is 14.7 Å². The number of aliphatic hydroxyl groups is 1. The Bertz CT molecular complexity index is 1690. The summed E-state index contributed by atoms with van der Waals surface area (Å²) < 4.78 is 0. The van der Waals surface area contributed by atoms with Gasteiger partial charge in [0.25, 0.3) is 11.7 Å². The van der Waals surface area contributed by atoms with Crippen LogP contribution in [0, 0.1) is 5.41 Å². The van der Waals surface area contributed by atoms with E-state index in [1.807, 2.05) is 0 Å². The lowest BCUT2D eigenvalue weighted by molar-refractivity contribution is -0.132. The number of amides is 2. The van der Waals surface area contributed by atoms with Crippen molar-refractivity contribution in [1.82, 2.24) is 0 Å². The molecule has 2 saturated heterocycles. The van der Waals surface area contributed by atoms with E-state index in [4.69, 9.17) is 11.6 Å². The molecule has 0 aromatic heterocycles. The summed E-state index contributed by atoms with van der Waals surface area (Å²) in [5.74, 6) is -3.71. The Morgan fingerprint density at radius 2 is 1.18 bits per heavy atom.